The van der Waals surface area contributed by atoms with Gasteiger partial charge in [-0.15, -0.1) is 0 Å². The van der Waals surface area contributed by atoms with Gasteiger partial charge in [-0.3, -0.25) is 14.4 Å². The van der Waals surface area contributed by atoms with Crippen molar-refractivity contribution in [2.24, 2.45) is 0 Å². The van der Waals surface area contributed by atoms with Crippen molar-refractivity contribution < 1.29 is 58.2 Å². The van der Waals surface area contributed by atoms with Gasteiger partial charge in [-0.25, -0.2) is 4.79 Å². The van der Waals surface area contributed by atoms with Crippen molar-refractivity contribution in [2.75, 3.05) is 13.2 Å². The van der Waals surface area contributed by atoms with Crippen molar-refractivity contribution >= 4 is 23.9 Å². The number of carbonyl (C=O) groups is 4. The van der Waals surface area contributed by atoms with E-state index < -0.39 is 67.3 Å². The lowest BCUT2D eigenvalue weighted by molar-refractivity contribution is -0.301. The minimum Gasteiger partial charge on any atom is -0.479 e. The number of allylic oxidation sites excluding steroid dienone is 16. The first-order chi connectivity index (χ1) is 38.6. The molecule has 3 N–H and O–H groups in total. The summed E-state index contributed by atoms with van der Waals surface area (Å²) in [6.45, 7) is 5.79. The Balaban J connectivity index is 2.71. The van der Waals surface area contributed by atoms with Crippen LogP contribution in [0.5, 0.6) is 0 Å². The Hall–Kier alpha value is -4.36. The van der Waals surface area contributed by atoms with Gasteiger partial charge in [-0.2, -0.15) is 0 Å². The number of hydrogen-bond donors (Lipinski definition) is 3. The van der Waals surface area contributed by atoms with Gasteiger partial charge >= 0.3 is 23.9 Å². The van der Waals surface area contributed by atoms with E-state index in [4.69, 9.17) is 23.7 Å². The van der Waals surface area contributed by atoms with Crippen molar-refractivity contribution in [1.82, 2.24) is 0 Å². The number of ether oxygens (including phenoxy) is 5. The Morgan fingerprint density at radius 3 is 1.32 bits per heavy atom. The van der Waals surface area contributed by atoms with E-state index in [2.05, 4.69) is 99.8 Å². The zero-order valence-electron chi connectivity index (χ0n) is 49.6. The quantitative estimate of drug-likeness (QED) is 0.0228. The minimum atomic E-state index is -1.93. The number of aliphatic hydroxyl groups excluding tert-OH is 2. The molecule has 0 radical (unpaired) electrons. The van der Waals surface area contributed by atoms with Crippen LogP contribution in [0.25, 0.3) is 0 Å². The van der Waals surface area contributed by atoms with Gasteiger partial charge in [0.25, 0.3) is 0 Å². The van der Waals surface area contributed by atoms with E-state index in [1.165, 1.54) is 83.5 Å². The summed E-state index contributed by atoms with van der Waals surface area (Å²) in [5, 5.41) is 31.5. The molecule has 12 heteroatoms. The van der Waals surface area contributed by atoms with Crippen LogP contribution in [0.2, 0.25) is 0 Å². The average Bonchev–Trinajstić information content (AvgIpc) is 3.46. The number of carboxylic acid groups (broad SMARTS) is 1. The molecule has 1 heterocycles. The van der Waals surface area contributed by atoms with Gasteiger partial charge in [0.1, 0.15) is 18.8 Å². The predicted molar refractivity (Wildman–Crippen MR) is 321 cm³/mol. The summed E-state index contributed by atoms with van der Waals surface area (Å²) in [7, 11) is 0. The van der Waals surface area contributed by atoms with E-state index in [0.717, 1.165) is 103 Å². The zero-order chi connectivity index (χ0) is 57.5. The Kier molecular flexibility index (Phi) is 49.9. The molecular weight excluding hydrogens is 997 g/mol. The summed E-state index contributed by atoms with van der Waals surface area (Å²) >= 11 is 0. The minimum absolute atomic E-state index is 0.0692. The van der Waals surface area contributed by atoms with Crippen LogP contribution >= 0.6 is 0 Å². The maximum atomic E-state index is 13.1. The van der Waals surface area contributed by atoms with Crippen LogP contribution in [0.4, 0.5) is 0 Å². The topological polar surface area (TPSA) is 175 Å². The number of aliphatic carboxylic acids is 1. The molecule has 79 heavy (non-hydrogen) atoms. The lowest BCUT2D eigenvalue weighted by Gasteiger charge is -2.40. The van der Waals surface area contributed by atoms with Crippen LogP contribution in [0.3, 0.4) is 0 Å². The van der Waals surface area contributed by atoms with Gasteiger partial charge in [0.2, 0.25) is 0 Å². The third kappa shape index (κ3) is 44.0. The number of carbonyl (C=O) groups excluding carboxylic acids is 3. The van der Waals surface area contributed by atoms with Gasteiger partial charge in [-0.1, -0.05) is 246 Å². The fraction of sp³-hybridized carbons (Fsp3) is 0.701. The van der Waals surface area contributed by atoms with Gasteiger partial charge in [0, 0.05) is 19.3 Å². The van der Waals surface area contributed by atoms with Crippen LogP contribution in [0, 0.1) is 0 Å². The monoisotopic (exact) mass is 1110 g/mol. The van der Waals surface area contributed by atoms with Crippen LogP contribution < -0.4 is 0 Å². The Labute approximate surface area is 479 Å². The average molecular weight is 1110 g/mol. The molecule has 0 amide bonds. The van der Waals surface area contributed by atoms with E-state index >= 15 is 0 Å². The maximum absolute atomic E-state index is 13.1. The van der Waals surface area contributed by atoms with Crippen LogP contribution in [-0.2, 0) is 42.9 Å². The first kappa shape index (κ1) is 72.7. The highest BCUT2D eigenvalue weighted by atomic mass is 16.7. The summed E-state index contributed by atoms with van der Waals surface area (Å²) in [5.41, 5.74) is 0. The van der Waals surface area contributed by atoms with Crippen molar-refractivity contribution in [1.29, 1.82) is 0 Å². The third-order valence-electron chi connectivity index (χ3n) is 13.6. The van der Waals surface area contributed by atoms with E-state index in [1.807, 2.05) is 18.2 Å². The molecule has 6 unspecified atom stereocenters. The predicted octanol–water partition coefficient (Wildman–Crippen LogP) is 16.5. The number of aliphatic hydroxyl groups is 2. The number of rotatable bonds is 52. The number of esters is 3. The zero-order valence-corrected chi connectivity index (χ0v) is 49.6. The number of hydrogen-bond acceptors (Lipinski definition) is 11. The van der Waals surface area contributed by atoms with Gasteiger partial charge in [0.15, 0.2) is 24.6 Å². The molecule has 0 aromatic heterocycles. The summed E-state index contributed by atoms with van der Waals surface area (Å²) in [6.07, 6.45) is 59.6. The molecule has 1 saturated heterocycles. The molecule has 0 bridgehead atoms. The lowest BCUT2D eigenvalue weighted by Crippen LogP contribution is -2.61. The highest BCUT2D eigenvalue weighted by Crippen LogP contribution is 2.26. The number of carboxylic acids is 1. The first-order valence-corrected chi connectivity index (χ1v) is 31.2. The Bertz CT molecular complexity index is 1740. The summed E-state index contributed by atoms with van der Waals surface area (Å²) in [6, 6.07) is 0. The molecule has 12 nitrogen and oxygen atoms in total. The molecule has 1 aliphatic rings. The Morgan fingerprint density at radius 2 is 0.848 bits per heavy atom. The fourth-order valence-corrected chi connectivity index (χ4v) is 8.90. The van der Waals surface area contributed by atoms with Crippen molar-refractivity contribution in [2.45, 2.75) is 289 Å². The van der Waals surface area contributed by atoms with Crippen LogP contribution in [0.1, 0.15) is 252 Å². The molecule has 1 rings (SSSR count). The second kappa shape index (κ2) is 54.2. The molecule has 0 saturated carbocycles. The fourth-order valence-electron chi connectivity index (χ4n) is 8.90. The molecule has 6 atom stereocenters. The highest BCUT2D eigenvalue weighted by Gasteiger charge is 2.50. The van der Waals surface area contributed by atoms with Gasteiger partial charge < -0.3 is 39.0 Å². The number of unbranched alkanes of at least 4 members (excludes halogenated alkanes) is 22. The molecule has 0 aromatic rings. The molecule has 0 spiro atoms. The first-order valence-electron chi connectivity index (χ1n) is 31.2. The largest absolute Gasteiger partial charge is 0.479 e. The molecule has 450 valence electrons. The van der Waals surface area contributed by atoms with Crippen LogP contribution in [0.15, 0.2) is 97.2 Å². The highest BCUT2D eigenvalue weighted by molar-refractivity contribution is 5.74. The molecule has 0 aliphatic carbocycles. The summed E-state index contributed by atoms with van der Waals surface area (Å²) in [4.78, 5) is 51.2. The van der Waals surface area contributed by atoms with Crippen LogP contribution in [-0.4, -0.2) is 89.2 Å². The standard InChI is InChI=1S/C67H110O12/c1-4-7-10-13-16-19-22-25-27-29-30-32-34-37-40-43-46-49-52-55-61(70)78-65-63(72)62(71)64(66(73)74)79-67(65)76-57-58(77-60(69)54-51-48-45-42-39-35-24-21-18-15-12-9-6-3)56-75-59(68)53-50-47-44-41-38-36-33-31-28-26-23-20-17-14-11-8-5-2/h7,10,12,15-16,19,21,24-25,27,30,32,37,40,46,49,58,62-65,67,71-72H,4-6,8-9,11,13-14,17-18,20,22-23,26,28-29,31,33-36,38-39,41-45,47-48,50-57H2,1-3H3,(H,73,74)/b10-7-,15-12-,19-16-,24-21-,27-25-,32-30-,40-37-,49-46-. The van der Waals surface area contributed by atoms with Gasteiger partial charge in [0.05, 0.1) is 6.61 Å². The molecule has 0 aromatic carbocycles. The summed E-state index contributed by atoms with van der Waals surface area (Å²) < 4.78 is 28.4. The normalized spacial score (nSPS) is 18.5. The van der Waals surface area contributed by atoms with E-state index in [0.29, 0.717) is 25.7 Å². The van der Waals surface area contributed by atoms with Crippen molar-refractivity contribution in [3.05, 3.63) is 97.2 Å². The molecule has 1 aliphatic heterocycles. The Morgan fingerprint density at radius 1 is 0.430 bits per heavy atom. The molecular formula is C67H110O12. The SMILES string of the molecule is CC/C=C\C/C=C\C/C=C\C/C=C\C/C=C\C/C=C\CCC(=O)OC1C(OCC(COC(=O)CCCCCCCCCCCCCCCCCCC)OC(=O)CCCCCCC/C=C\C/C=C\CCC)OC(C(=O)O)C(O)C1O. The van der Waals surface area contributed by atoms with Crippen molar-refractivity contribution in [3.8, 4) is 0 Å². The second-order valence-corrected chi connectivity index (χ2v) is 21.0. The smallest absolute Gasteiger partial charge is 0.335 e. The van der Waals surface area contributed by atoms with E-state index in [9.17, 15) is 34.5 Å². The maximum Gasteiger partial charge on any atom is 0.335 e. The lowest BCUT2D eigenvalue weighted by atomic mass is 9.98. The van der Waals surface area contributed by atoms with Crippen molar-refractivity contribution in [3.63, 3.8) is 0 Å². The third-order valence-corrected chi connectivity index (χ3v) is 13.6. The van der Waals surface area contributed by atoms with Gasteiger partial charge in [-0.05, 0) is 83.5 Å². The second-order valence-electron chi connectivity index (χ2n) is 21.0. The molecule has 1 fully saturated rings. The van der Waals surface area contributed by atoms with E-state index in [1.54, 1.807) is 0 Å². The summed E-state index contributed by atoms with van der Waals surface area (Å²) in [5.74, 6) is -3.25. The van der Waals surface area contributed by atoms with E-state index in [-0.39, 0.29) is 25.9 Å².